The highest BCUT2D eigenvalue weighted by molar-refractivity contribution is 7.10. The second kappa shape index (κ2) is 12.0. The number of amides is 2. The molecule has 2 heterocycles. The molecule has 190 valence electrons. The third-order valence-electron chi connectivity index (χ3n) is 6.41. The third kappa shape index (κ3) is 6.03. The molecule has 0 radical (unpaired) electrons. The van der Waals surface area contributed by atoms with E-state index >= 15 is 0 Å². The van der Waals surface area contributed by atoms with Gasteiger partial charge in [-0.15, -0.1) is 11.3 Å². The predicted octanol–water partition coefficient (Wildman–Crippen LogP) is 3.58. The largest absolute Gasteiger partial charge is 0.496 e. The van der Waals surface area contributed by atoms with Gasteiger partial charge in [-0.3, -0.25) is 14.5 Å². The zero-order chi connectivity index (χ0) is 25.5. The van der Waals surface area contributed by atoms with Crippen molar-refractivity contribution in [3.05, 3.63) is 82.3 Å². The second-order valence-electron chi connectivity index (χ2n) is 8.69. The SMILES string of the molecule is COc1ccccc1CNC(=O)C(=O)N[C@@H](C)[C@H](c1cccs1)N1CCN(c2ccccc2F)CC1. The Balaban J connectivity index is 1.38. The monoisotopic (exact) mass is 510 g/mol. The van der Waals surface area contributed by atoms with Crippen molar-refractivity contribution in [3.8, 4) is 5.75 Å². The molecule has 2 amide bonds. The molecule has 36 heavy (non-hydrogen) atoms. The van der Waals surface area contributed by atoms with Gasteiger partial charge in [0.05, 0.1) is 18.8 Å². The Morgan fingerprint density at radius 3 is 2.42 bits per heavy atom. The Labute approximate surface area is 214 Å². The summed E-state index contributed by atoms with van der Waals surface area (Å²) >= 11 is 1.62. The zero-order valence-electron chi connectivity index (χ0n) is 20.4. The molecule has 0 spiro atoms. The summed E-state index contributed by atoms with van der Waals surface area (Å²) in [7, 11) is 1.57. The van der Waals surface area contributed by atoms with Crippen molar-refractivity contribution >= 4 is 28.8 Å². The number of para-hydroxylation sites is 2. The molecule has 3 aromatic rings. The van der Waals surface area contributed by atoms with E-state index in [0.29, 0.717) is 37.6 Å². The molecule has 4 rings (SSSR count). The number of carbonyl (C=O) groups is 2. The lowest BCUT2D eigenvalue weighted by Crippen LogP contribution is -2.53. The summed E-state index contributed by atoms with van der Waals surface area (Å²) in [6.07, 6.45) is 0. The van der Waals surface area contributed by atoms with Crippen LogP contribution in [0.25, 0.3) is 0 Å². The first-order valence-electron chi connectivity index (χ1n) is 12.0. The van der Waals surface area contributed by atoms with E-state index in [1.165, 1.54) is 6.07 Å². The molecule has 2 aromatic carbocycles. The van der Waals surface area contributed by atoms with E-state index in [9.17, 15) is 14.0 Å². The van der Waals surface area contributed by atoms with E-state index < -0.39 is 11.8 Å². The lowest BCUT2D eigenvalue weighted by molar-refractivity contribution is -0.140. The number of thiophene rings is 1. The zero-order valence-corrected chi connectivity index (χ0v) is 21.3. The van der Waals surface area contributed by atoms with Gasteiger partial charge in [-0.2, -0.15) is 0 Å². The fraction of sp³-hybridized carbons (Fsp3) is 0.333. The maximum atomic E-state index is 14.3. The molecule has 0 aliphatic carbocycles. The van der Waals surface area contributed by atoms with E-state index in [4.69, 9.17) is 4.74 Å². The Morgan fingerprint density at radius 2 is 1.72 bits per heavy atom. The maximum Gasteiger partial charge on any atom is 0.309 e. The number of benzene rings is 2. The van der Waals surface area contributed by atoms with Crippen molar-refractivity contribution < 1.29 is 18.7 Å². The minimum absolute atomic E-state index is 0.0984. The fourth-order valence-corrected chi connectivity index (χ4v) is 5.57. The van der Waals surface area contributed by atoms with Crippen molar-refractivity contribution in [3.63, 3.8) is 0 Å². The van der Waals surface area contributed by atoms with Gasteiger partial charge in [-0.1, -0.05) is 36.4 Å². The number of nitrogens with zero attached hydrogens (tertiary/aromatic N) is 2. The van der Waals surface area contributed by atoms with Gasteiger partial charge in [0, 0.05) is 49.2 Å². The Kier molecular flexibility index (Phi) is 8.56. The van der Waals surface area contributed by atoms with Gasteiger partial charge in [0.1, 0.15) is 11.6 Å². The van der Waals surface area contributed by atoms with Crippen molar-refractivity contribution in [1.29, 1.82) is 0 Å². The maximum absolute atomic E-state index is 14.3. The predicted molar refractivity (Wildman–Crippen MR) is 140 cm³/mol. The smallest absolute Gasteiger partial charge is 0.309 e. The third-order valence-corrected chi connectivity index (χ3v) is 7.35. The number of piperazine rings is 1. The lowest BCUT2D eigenvalue weighted by Gasteiger charge is -2.42. The van der Waals surface area contributed by atoms with Crippen LogP contribution < -0.4 is 20.3 Å². The summed E-state index contributed by atoms with van der Waals surface area (Å²) in [6.45, 7) is 4.86. The standard InChI is InChI=1S/C27H31FN4O3S/c1-19(30-27(34)26(33)29-18-20-8-3-6-11-23(20)35-2)25(24-12-7-17-36-24)32-15-13-31(14-16-32)22-10-5-4-9-21(22)28/h3-12,17,19,25H,13-16,18H2,1-2H3,(H,29,33)(H,30,34)/t19-,25+/m0/s1. The normalized spacial score (nSPS) is 15.7. The van der Waals surface area contributed by atoms with E-state index in [1.54, 1.807) is 36.6 Å². The van der Waals surface area contributed by atoms with E-state index in [-0.39, 0.29) is 24.4 Å². The number of hydrogen-bond acceptors (Lipinski definition) is 6. The molecule has 1 saturated heterocycles. The van der Waals surface area contributed by atoms with E-state index in [1.807, 2.05) is 53.6 Å². The van der Waals surface area contributed by atoms with Gasteiger partial charge in [0.15, 0.2) is 0 Å². The summed E-state index contributed by atoms with van der Waals surface area (Å²) in [6, 6.07) is 17.8. The van der Waals surface area contributed by atoms with Gasteiger partial charge in [0.25, 0.3) is 0 Å². The van der Waals surface area contributed by atoms with Crippen LogP contribution in [0.1, 0.15) is 23.4 Å². The van der Waals surface area contributed by atoms with Gasteiger partial charge >= 0.3 is 11.8 Å². The minimum Gasteiger partial charge on any atom is -0.496 e. The van der Waals surface area contributed by atoms with Gasteiger partial charge in [0.2, 0.25) is 0 Å². The van der Waals surface area contributed by atoms with Crippen LogP contribution >= 0.6 is 11.3 Å². The van der Waals surface area contributed by atoms with Gasteiger partial charge < -0.3 is 20.3 Å². The summed E-state index contributed by atoms with van der Waals surface area (Å²) in [4.78, 5) is 30.7. The molecule has 9 heteroatoms. The first-order valence-corrected chi connectivity index (χ1v) is 12.8. The van der Waals surface area contributed by atoms with Crippen LogP contribution in [0.4, 0.5) is 10.1 Å². The first-order chi connectivity index (χ1) is 17.5. The quantitative estimate of drug-likeness (QED) is 0.453. The van der Waals surface area contributed by atoms with E-state index in [2.05, 4.69) is 15.5 Å². The van der Waals surface area contributed by atoms with Crippen molar-refractivity contribution in [1.82, 2.24) is 15.5 Å². The number of halogens is 1. The Morgan fingerprint density at radius 1 is 1.00 bits per heavy atom. The highest BCUT2D eigenvalue weighted by Gasteiger charge is 2.32. The minimum atomic E-state index is -0.693. The Hall–Kier alpha value is -3.43. The molecule has 7 nitrogen and oxygen atoms in total. The number of hydrogen-bond donors (Lipinski definition) is 2. The molecule has 1 aliphatic rings. The van der Waals surface area contributed by atoms with Crippen LogP contribution in [0.3, 0.4) is 0 Å². The van der Waals surface area contributed by atoms with Crippen LogP contribution in [0.15, 0.2) is 66.0 Å². The number of methoxy groups -OCH3 is 1. The van der Waals surface area contributed by atoms with Crippen LogP contribution in [0.2, 0.25) is 0 Å². The number of anilines is 1. The molecule has 0 saturated carbocycles. The van der Waals surface area contributed by atoms with Crippen LogP contribution in [-0.4, -0.2) is 56.0 Å². The summed E-state index contributed by atoms with van der Waals surface area (Å²) in [5.74, 6) is -0.939. The van der Waals surface area contributed by atoms with Gasteiger partial charge in [-0.25, -0.2) is 4.39 Å². The molecule has 2 atom stereocenters. The van der Waals surface area contributed by atoms with Crippen LogP contribution in [0, 0.1) is 5.82 Å². The highest BCUT2D eigenvalue weighted by Crippen LogP contribution is 2.30. The first kappa shape index (κ1) is 25.7. The van der Waals surface area contributed by atoms with E-state index in [0.717, 1.165) is 10.4 Å². The van der Waals surface area contributed by atoms with Crippen LogP contribution in [-0.2, 0) is 16.1 Å². The topological polar surface area (TPSA) is 73.9 Å². The lowest BCUT2D eigenvalue weighted by atomic mass is 10.0. The molecule has 1 aliphatic heterocycles. The average Bonchev–Trinajstić information content (AvgIpc) is 3.42. The average molecular weight is 511 g/mol. The number of carbonyl (C=O) groups excluding carboxylic acids is 2. The number of rotatable bonds is 8. The van der Waals surface area contributed by atoms with Gasteiger partial charge in [-0.05, 0) is 36.6 Å². The molecular weight excluding hydrogens is 479 g/mol. The number of nitrogens with one attached hydrogen (secondary N) is 2. The molecule has 0 unspecified atom stereocenters. The highest BCUT2D eigenvalue weighted by atomic mass is 32.1. The second-order valence-corrected chi connectivity index (χ2v) is 9.67. The molecular formula is C27H31FN4O3S. The summed E-state index contributed by atoms with van der Waals surface area (Å²) in [5.41, 5.74) is 1.40. The van der Waals surface area contributed by atoms with Crippen molar-refractivity contribution in [2.45, 2.75) is 25.6 Å². The summed E-state index contributed by atoms with van der Waals surface area (Å²) in [5, 5.41) is 7.57. The van der Waals surface area contributed by atoms with Crippen molar-refractivity contribution in [2.75, 3.05) is 38.2 Å². The molecule has 1 fully saturated rings. The molecule has 0 bridgehead atoms. The molecule has 2 N–H and O–H groups in total. The fourth-order valence-electron chi connectivity index (χ4n) is 4.61. The van der Waals surface area contributed by atoms with Crippen molar-refractivity contribution in [2.24, 2.45) is 0 Å². The molecule has 1 aromatic heterocycles. The summed E-state index contributed by atoms with van der Waals surface area (Å²) < 4.78 is 19.6. The number of ether oxygens (including phenoxy) is 1. The van der Waals surface area contributed by atoms with Crippen LogP contribution in [0.5, 0.6) is 5.75 Å². The Bertz CT molecular complexity index is 1170.